The zero-order chi connectivity index (χ0) is 15.2. The second-order valence-electron chi connectivity index (χ2n) is 5.87. The molecular formula is C18H22N2OS. The first-order chi connectivity index (χ1) is 10.8. The minimum absolute atomic E-state index is 0.0432. The molecule has 1 aromatic carbocycles. The monoisotopic (exact) mass is 314 g/mol. The molecule has 0 spiro atoms. The van der Waals surface area contributed by atoms with Gasteiger partial charge in [-0.2, -0.15) is 0 Å². The van der Waals surface area contributed by atoms with Crippen LogP contribution >= 0.6 is 11.3 Å². The Bertz CT molecular complexity index is 574. The number of hydrogen-bond acceptors (Lipinski definition) is 3. The van der Waals surface area contributed by atoms with E-state index in [1.165, 1.54) is 17.7 Å². The Hall–Kier alpha value is -1.65. The second kappa shape index (κ2) is 7.56. The Kier molecular flexibility index (Phi) is 5.24. The number of piperidine rings is 1. The Morgan fingerprint density at radius 1 is 1.14 bits per heavy atom. The number of rotatable bonds is 5. The van der Waals surface area contributed by atoms with Crippen LogP contribution in [0.15, 0.2) is 47.8 Å². The second-order valence-corrected chi connectivity index (χ2v) is 6.91. The highest BCUT2D eigenvalue weighted by Gasteiger charge is 2.20. The highest BCUT2D eigenvalue weighted by Crippen LogP contribution is 2.20. The average Bonchev–Trinajstić information content (AvgIpc) is 3.08. The van der Waals surface area contributed by atoms with Gasteiger partial charge in [-0.05, 0) is 55.4 Å². The van der Waals surface area contributed by atoms with Gasteiger partial charge in [0, 0.05) is 23.5 Å². The van der Waals surface area contributed by atoms with E-state index in [-0.39, 0.29) is 5.91 Å². The first-order valence-corrected chi connectivity index (χ1v) is 8.77. The number of hydrogen-bond donors (Lipinski definition) is 1. The molecule has 3 rings (SSSR count). The molecule has 116 valence electrons. The summed E-state index contributed by atoms with van der Waals surface area (Å²) >= 11 is 1.83. The summed E-state index contributed by atoms with van der Waals surface area (Å²) < 4.78 is 0. The van der Waals surface area contributed by atoms with E-state index in [9.17, 15) is 4.79 Å². The molecule has 1 amide bonds. The normalized spacial score (nSPS) is 16.5. The lowest BCUT2D eigenvalue weighted by Crippen LogP contribution is -2.38. The smallest absolute Gasteiger partial charge is 0.251 e. The van der Waals surface area contributed by atoms with Crippen molar-refractivity contribution in [3.05, 3.63) is 58.3 Å². The summed E-state index contributed by atoms with van der Waals surface area (Å²) in [6, 6.07) is 13.8. The van der Waals surface area contributed by atoms with Crippen molar-refractivity contribution >= 4 is 17.2 Å². The van der Waals surface area contributed by atoms with Crippen molar-refractivity contribution in [3.63, 3.8) is 0 Å². The van der Waals surface area contributed by atoms with Crippen LogP contribution in [0, 0.1) is 5.92 Å². The van der Waals surface area contributed by atoms with Crippen LogP contribution in [0.2, 0.25) is 0 Å². The molecule has 0 radical (unpaired) electrons. The number of amides is 1. The summed E-state index contributed by atoms with van der Waals surface area (Å²) in [5.41, 5.74) is 0.748. The number of carbonyl (C=O) groups excluding carboxylic acids is 1. The quantitative estimate of drug-likeness (QED) is 0.917. The van der Waals surface area contributed by atoms with Gasteiger partial charge in [-0.25, -0.2) is 0 Å². The van der Waals surface area contributed by atoms with Crippen LogP contribution in [0.5, 0.6) is 0 Å². The van der Waals surface area contributed by atoms with Gasteiger partial charge >= 0.3 is 0 Å². The van der Waals surface area contributed by atoms with E-state index in [1.807, 2.05) is 41.7 Å². The van der Waals surface area contributed by atoms with Crippen molar-refractivity contribution in [2.75, 3.05) is 19.6 Å². The molecule has 1 aliphatic rings. The molecule has 4 heteroatoms. The summed E-state index contributed by atoms with van der Waals surface area (Å²) in [6.45, 7) is 4.12. The van der Waals surface area contributed by atoms with Crippen molar-refractivity contribution in [2.24, 2.45) is 5.92 Å². The summed E-state index contributed by atoms with van der Waals surface area (Å²) in [4.78, 5) is 16.0. The molecule has 2 aromatic rings. The van der Waals surface area contributed by atoms with E-state index < -0.39 is 0 Å². The van der Waals surface area contributed by atoms with Crippen molar-refractivity contribution in [1.82, 2.24) is 10.2 Å². The number of likely N-dealkylation sites (tertiary alicyclic amines) is 1. The molecule has 1 fully saturated rings. The van der Waals surface area contributed by atoms with Gasteiger partial charge in [0.2, 0.25) is 0 Å². The van der Waals surface area contributed by atoms with Gasteiger partial charge in [-0.1, -0.05) is 24.3 Å². The minimum Gasteiger partial charge on any atom is -0.352 e. The molecule has 2 heterocycles. The molecule has 0 unspecified atom stereocenters. The van der Waals surface area contributed by atoms with Gasteiger partial charge in [0.25, 0.3) is 5.91 Å². The molecule has 0 bridgehead atoms. The molecule has 0 atom stereocenters. The fourth-order valence-corrected chi connectivity index (χ4v) is 3.65. The maximum Gasteiger partial charge on any atom is 0.251 e. The van der Waals surface area contributed by atoms with E-state index in [4.69, 9.17) is 0 Å². The topological polar surface area (TPSA) is 32.3 Å². The van der Waals surface area contributed by atoms with Gasteiger partial charge in [-0.15, -0.1) is 11.3 Å². The van der Waals surface area contributed by atoms with Crippen LogP contribution in [0.1, 0.15) is 28.1 Å². The molecule has 1 saturated heterocycles. The van der Waals surface area contributed by atoms with Crippen LogP contribution in [0.25, 0.3) is 0 Å². The maximum atomic E-state index is 12.0. The molecule has 22 heavy (non-hydrogen) atoms. The van der Waals surface area contributed by atoms with Crippen LogP contribution in [0.4, 0.5) is 0 Å². The number of nitrogens with zero attached hydrogens (tertiary/aromatic N) is 1. The summed E-state index contributed by atoms with van der Waals surface area (Å²) in [5, 5.41) is 5.21. The van der Waals surface area contributed by atoms with E-state index in [1.54, 1.807) is 0 Å². The van der Waals surface area contributed by atoms with Crippen LogP contribution in [-0.2, 0) is 6.54 Å². The summed E-state index contributed by atoms with van der Waals surface area (Å²) in [6.07, 6.45) is 2.33. The third kappa shape index (κ3) is 4.18. The molecule has 3 nitrogen and oxygen atoms in total. The van der Waals surface area contributed by atoms with Crippen LogP contribution < -0.4 is 5.32 Å². The Morgan fingerprint density at radius 3 is 2.59 bits per heavy atom. The lowest BCUT2D eigenvalue weighted by atomic mass is 9.96. The molecular weight excluding hydrogens is 292 g/mol. The fraction of sp³-hybridized carbons (Fsp3) is 0.389. The van der Waals surface area contributed by atoms with Gasteiger partial charge < -0.3 is 5.32 Å². The predicted molar refractivity (Wildman–Crippen MR) is 91.1 cm³/mol. The Labute approximate surface area is 136 Å². The molecule has 1 aromatic heterocycles. The van der Waals surface area contributed by atoms with Crippen molar-refractivity contribution < 1.29 is 4.79 Å². The van der Waals surface area contributed by atoms with Gasteiger partial charge in [0.1, 0.15) is 0 Å². The number of thiophene rings is 1. The minimum atomic E-state index is 0.0432. The number of benzene rings is 1. The molecule has 0 saturated carbocycles. The van der Waals surface area contributed by atoms with Crippen molar-refractivity contribution in [3.8, 4) is 0 Å². The molecule has 1 N–H and O–H groups in total. The van der Waals surface area contributed by atoms with Gasteiger partial charge in [-0.3, -0.25) is 9.69 Å². The largest absolute Gasteiger partial charge is 0.352 e. The SMILES string of the molecule is O=C(NCC1CCN(Cc2cccs2)CC1)c1ccccc1. The van der Waals surface area contributed by atoms with Gasteiger partial charge in [0.05, 0.1) is 0 Å². The third-order valence-electron chi connectivity index (χ3n) is 4.25. The zero-order valence-corrected chi connectivity index (χ0v) is 13.5. The standard InChI is InChI=1S/C18H22N2OS/c21-18(16-5-2-1-3-6-16)19-13-15-8-10-20(11-9-15)14-17-7-4-12-22-17/h1-7,12,15H,8-11,13-14H2,(H,19,21). The van der Waals surface area contributed by atoms with E-state index >= 15 is 0 Å². The summed E-state index contributed by atoms with van der Waals surface area (Å²) in [7, 11) is 0. The lowest BCUT2D eigenvalue weighted by molar-refractivity contribution is 0.0935. The summed E-state index contributed by atoms with van der Waals surface area (Å²) in [5.74, 6) is 0.647. The fourth-order valence-electron chi connectivity index (χ4n) is 2.90. The van der Waals surface area contributed by atoms with E-state index in [0.29, 0.717) is 5.92 Å². The number of carbonyl (C=O) groups is 1. The lowest BCUT2D eigenvalue weighted by Gasteiger charge is -2.31. The molecule has 0 aliphatic carbocycles. The van der Waals surface area contributed by atoms with E-state index in [0.717, 1.165) is 31.7 Å². The Morgan fingerprint density at radius 2 is 1.91 bits per heavy atom. The average molecular weight is 314 g/mol. The first kappa shape index (κ1) is 15.3. The first-order valence-electron chi connectivity index (χ1n) is 7.89. The van der Waals surface area contributed by atoms with Crippen LogP contribution in [-0.4, -0.2) is 30.4 Å². The number of nitrogens with one attached hydrogen (secondary N) is 1. The Balaban J connectivity index is 1.40. The van der Waals surface area contributed by atoms with Gasteiger partial charge in [0.15, 0.2) is 0 Å². The highest BCUT2D eigenvalue weighted by atomic mass is 32.1. The zero-order valence-electron chi connectivity index (χ0n) is 12.7. The van der Waals surface area contributed by atoms with Crippen molar-refractivity contribution in [1.29, 1.82) is 0 Å². The van der Waals surface area contributed by atoms with E-state index in [2.05, 4.69) is 27.7 Å². The van der Waals surface area contributed by atoms with Crippen LogP contribution in [0.3, 0.4) is 0 Å². The highest BCUT2D eigenvalue weighted by molar-refractivity contribution is 7.09. The van der Waals surface area contributed by atoms with Crippen molar-refractivity contribution in [2.45, 2.75) is 19.4 Å². The molecule has 1 aliphatic heterocycles. The third-order valence-corrected chi connectivity index (χ3v) is 5.12. The predicted octanol–water partition coefficient (Wildman–Crippen LogP) is 3.39. The maximum absolute atomic E-state index is 12.0.